The van der Waals surface area contributed by atoms with Gasteiger partial charge in [-0.2, -0.15) is 0 Å². The van der Waals surface area contributed by atoms with Crippen molar-refractivity contribution in [1.29, 1.82) is 0 Å². The van der Waals surface area contributed by atoms with Gasteiger partial charge in [-0.3, -0.25) is 38.5 Å². The Kier molecular flexibility index (Phi) is 20.5. The lowest BCUT2D eigenvalue weighted by Crippen LogP contribution is -2.43. The van der Waals surface area contributed by atoms with Crippen molar-refractivity contribution in [3.05, 3.63) is 63.9 Å². The summed E-state index contributed by atoms with van der Waals surface area (Å²) >= 11 is 0. The first kappa shape index (κ1) is 48.0. The number of aromatic nitrogens is 2. The molecule has 59 heavy (non-hydrogen) atoms. The fourth-order valence-electron chi connectivity index (χ4n) is 5.68. The predicted molar refractivity (Wildman–Crippen MR) is 232 cm³/mol. The summed E-state index contributed by atoms with van der Waals surface area (Å²) in [6, 6.07) is 11.5. The van der Waals surface area contributed by atoms with Crippen LogP contribution in [0.5, 0.6) is 0 Å². The van der Waals surface area contributed by atoms with Crippen LogP contribution >= 0.6 is 21.6 Å². The van der Waals surface area contributed by atoms with Gasteiger partial charge in [-0.05, 0) is 55.3 Å². The normalized spacial score (nSPS) is 12.4. The highest BCUT2D eigenvalue weighted by Crippen LogP contribution is 2.23. The van der Waals surface area contributed by atoms with Gasteiger partial charge in [0, 0.05) is 86.5 Å². The summed E-state index contributed by atoms with van der Waals surface area (Å²) in [6.45, 7) is 6.65. The topological polar surface area (TPSA) is 249 Å². The highest BCUT2D eigenvalue weighted by atomic mass is 33.1. The monoisotopic (exact) mass is 850 g/mol. The van der Waals surface area contributed by atoms with Crippen LogP contribution in [0.3, 0.4) is 0 Å². The van der Waals surface area contributed by atoms with Gasteiger partial charge < -0.3 is 37.1 Å². The molecule has 1 heterocycles. The lowest BCUT2D eigenvalue weighted by Gasteiger charge is -2.23. The number of ether oxygens (including phenoxy) is 1. The number of H-pyrrole nitrogens is 1. The molecule has 8 N–H and O–H groups in total. The number of aromatic amines is 1. The van der Waals surface area contributed by atoms with Crippen LogP contribution in [0.1, 0.15) is 68.8 Å². The molecule has 2 aromatic carbocycles. The van der Waals surface area contributed by atoms with Crippen LogP contribution < -0.4 is 37.9 Å². The number of terminal acetylenes is 1. The standard InChI is InChI=1S/C41H54N8O8S2/c1-5-18-49(25-29-8-13-34-33(24-29)40(56)48-41(43)47-34)31-11-9-30(10-12-31)39(55)44-16-6-7-36(52)57-19-21-59-58-20-14-32(50)22-26(2)38(54)46-28(4)35(51)23-27(3)37(53)45-17-15-42/h1,8-13,24,26-28H,6-7,14-23,25,42H2,2-4H3,(H,44,55)(H,45,53)(H,46,54)(H3,43,47,48,56). The number of nitrogens with zero attached hydrogens (tertiary/aromatic N) is 2. The number of amides is 3. The number of nitrogens with two attached hydrogens (primary N) is 2. The number of benzene rings is 2. The number of esters is 1. The number of anilines is 2. The zero-order valence-corrected chi connectivity index (χ0v) is 35.3. The van der Waals surface area contributed by atoms with E-state index < -0.39 is 23.8 Å². The van der Waals surface area contributed by atoms with Crippen LogP contribution in [0.25, 0.3) is 10.9 Å². The Morgan fingerprint density at radius 2 is 1.64 bits per heavy atom. The molecule has 3 aromatic rings. The molecule has 0 aliphatic rings. The predicted octanol–water partition coefficient (Wildman–Crippen LogP) is 2.74. The Hall–Kier alpha value is -5.38. The lowest BCUT2D eigenvalue weighted by atomic mass is 9.98. The van der Waals surface area contributed by atoms with E-state index >= 15 is 0 Å². The van der Waals surface area contributed by atoms with Gasteiger partial charge in [-0.1, -0.05) is 47.4 Å². The number of nitrogens with one attached hydrogen (secondary N) is 4. The summed E-state index contributed by atoms with van der Waals surface area (Å²) in [6.07, 6.45) is 6.46. The zero-order valence-electron chi connectivity index (χ0n) is 33.7. The number of hydrogen-bond acceptors (Lipinski definition) is 14. The second kappa shape index (κ2) is 25.2. The van der Waals surface area contributed by atoms with Crippen LogP contribution in [-0.4, -0.2) is 95.6 Å². The van der Waals surface area contributed by atoms with Crippen molar-refractivity contribution in [3.8, 4) is 12.3 Å². The smallest absolute Gasteiger partial charge is 0.305 e. The van der Waals surface area contributed by atoms with E-state index in [0.29, 0.717) is 60.6 Å². The average molecular weight is 851 g/mol. The zero-order chi connectivity index (χ0) is 43.3. The van der Waals surface area contributed by atoms with Crippen LogP contribution in [0.4, 0.5) is 11.6 Å². The van der Waals surface area contributed by atoms with Crippen molar-refractivity contribution in [1.82, 2.24) is 25.9 Å². The third-order valence-corrected chi connectivity index (χ3v) is 11.4. The summed E-state index contributed by atoms with van der Waals surface area (Å²) in [5, 5.41) is 8.51. The van der Waals surface area contributed by atoms with Crippen LogP contribution in [-0.2, 0) is 35.3 Å². The Morgan fingerprint density at radius 3 is 2.36 bits per heavy atom. The van der Waals surface area contributed by atoms with E-state index in [2.05, 4.69) is 31.8 Å². The summed E-state index contributed by atoms with van der Waals surface area (Å²) in [5.74, 6) is 0.903. The first-order valence-corrected chi connectivity index (χ1v) is 21.8. The molecule has 0 fully saturated rings. The number of nitrogen functional groups attached to an aromatic ring is 1. The molecule has 16 nitrogen and oxygen atoms in total. The van der Waals surface area contributed by atoms with Gasteiger partial charge in [-0.25, -0.2) is 4.98 Å². The number of Topliss-reactive ketones (excluding diaryl/α,β-unsaturated/α-hetero) is 2. The SMILES string of the molecule is C#CCN(Cc1ccc2nc(N)[nH]c(=O)c2c1)c1ccc(C(=O)NCCCC(=O)OCCSSCCC(=O)CC(C)C(=O)NC(C)C(=O)CC(C)C(=O)NCCN)cc1. The molecule has 1 aromatic heterocycles. The molecule has 3 rings (SSSR count). The number of fused-ring (bicyclic) bond motifs is 1. The van der Waals surface area contributed by atoms with E-state index in [9.17, 15) is 33.6 Å². The van der Waals surface area contributed by atoms with E-state index in [1.807, 2.05) is 11.0 Å². The van der Waals surface area contributed by atoms with Gasteiger partial charge in [0.2, 0.25) is 17.8 Å². The fraction of sp³-hybridized carbons (Fsp3) is 0.463. The van der Waals surface area contributed by atoms with E-state index in [1.54, 1.807) is 57.2 Å². The minimum Gasteiger partial charge on any atom is -0.465 e. The number of ketones is 2. The van der Waals surface area contributed by atoms with Crippen LogP contribution in [0.2, 0.25) is 0 Å². The van der Waals surface area contributed by atoms with Gasteiger partial charge in [0.05, 0.1) is 23.5 Å². The Balaban J connectivity index is 1.25. The molecular formula is C41H54N8O8S2. The quantitative estimate of drug-likeness (QED) is 0.0294. The molecule has 0 radical (unpaired) electrons. The average Bonchev–Trinajstić information content (AvgIpc) is 3.20. The first-order chi connectivity index (χ1) is 28.2. The van der Waals surface area contributed by atoms with Crippen molar-refractivity contribution in [2.45, 2.75) is 65.5 Å². The van der Waals surface area contributed by atoms with Gasteiger partial charge in [0.25, 0.3) is 11.5 Å². The molecule has 0 spiro atoms. The minimum atomic E-state index is -0.786. The minimum absolute atomic E-state index is 0.0229. The van der Waals surface area contributed by atoms with Crippen molar-refractivity contribution in [3.63, 3.8) is 0 Å². The maximum atomic E-state index is 12.7. The van der Waals surface area contributed by atoms with Gasteiger partial charge in [-0.15, -0.1) is 6.42 Å². The highest BCUT2D eigenvalue weighted by molar-refractivity contribution is 8.76. The van der Waals surface area contributed by atoms with Crippen molar-refractivity contribution >= 4 is 79.4 Å². The molecule has 0 aliphatic carbocycles. The number of carbonyl (C=O) groups excluding carboxylic acids is 6. The van der Waals surface area contributed by atoms with Gasteiger partial charge in [0.1, 0.15) is 12.4 Å². The maximum absolute atomic E-state index is 12.7. The molecule has 0 saturated heterocycles. The molecule has 3 unspecified atom stereocenters. The molecule has 18 heteroatoms. The largest absolute Gasteiger partial charge is 0.465 e. The van der Waals surface area contributed by atoms with Crippen LogP contribution in [0.15, 0.2) is 47.3 Å². The Bertz CT molecular complexity index is 2020. The van der Waals surface area contributed by atoms with Gasteiger partial charge in [0.15, 0.2) is 5.78 Å². The lowest BCUT2D eigenvalue weighted by molar-refractivity contribution is -0.143. The van der Waals surface area contributed by atoms with E-state index in [4.69, 9.17) is 22.6 Å². The summed E-state index contributed by atoms with van der Waals surface area (Å²) in [5.41, 5.74) is 13.3. The first-order valence-electron chi connectivity index (χ1n) is 19.3. The number of carbonyl (C=O) groups is 6. The molecular weight excluding hydrogens is 797 g/mol. The number of rotatable bonds is 26. The van der Waals surface area contributed by atoms with Gasteiger partial charge >= 0.3 is 5.97 Å². The second-order valence-electron chi connectivity index (χ2n) is 13.9. The van der Waals surface area contributed by atoms with Crippen molar-refractivity contribution in [2.24, 2.45) is 17.6 Å². The fourth-order valence-corrected chi connectivity index (χ4v) is 7.54. The summed E-state index contributed by atoms with van der Waals surface area (Å²) in [7, 11) is 2.94. The van der Waals surface area contributed by atoms with E-state index in [0.717, 1.165) is 11.3 Å². The molecule has 0 saturated carbocycles. The summed E-state index contributed by atoms with van der Waals surface area (Å²) in [4.78, 5) is 95.3. The second-order valence-corrected chi connectivity index (χ2v) is 16.6. The third kappa shape index (κ3) is 16.8. The highest BCUT2D eigenvalue weighted by Gasteiger charge is 2.24. The Morgan fingerprint density at radius 1 is 0.932 bits per heavy atom. The molecule has 3 amide bonds. The van der Waals surface area contributed by atoms with Crippen LogP contribution in [0, 0.1) is 24.2 Å². The maximum Gasteiger partial charge on any atom is 0.305 e. The molecule has 318 valence electrons. The van der Waals surface area contributed by atoms with E-state index in [1.165, 1.54) is 21.6 Å². The van der Waals surface area contributed by atoms with Crippen molar-refractivity contribution in [2.75, 3.05) is 54.9 Å². The van der Waals surface area contributed by atoms with E-state index in [-0.39, 0.29) is 79.7 Å². The summed E-state index contributed by atoms with van der Waals surface area (Å²) < 4.78 is 5.28. The third-order valence-electron chi connectivity index (χ3n) is 8.98. The number of hydrogen-bond donors (Lipinski definition) is 6. The molecule has 3 atom stereocenters. The molecule has 0 aliphatic heterocycles. The Labute approximate surface area is 351 Å². The molecule has 0 bridgehead atoms. The van der Waals surface area contributed by atoms with Crippen molar-refractivity contribution < 1.29 is 33.5 Å².